The highest BCUT2D eigenvalue weighted by atomic mass is 15.1. The molecule has 0 aliphatic carbocycles. The van der Waals surface area contributed by atoms with E-state index in [-0.39, 0.29) is 0 Å². The molecule has 0 spiro atoms. The Labute approximate surface area is 180 Å². The second kappa shape index (κ2) is 8.01. The summed E-state index contributed by atoms with van der Waals surface area (Å²) in [6, 6.07) is 26.2. The van der Waals surface area contributed by atoms with Crippen LogP contribution in [-0.4, -0.2) is 26.1 Å². The molecule has 0 saturated carbocycles. The van der Waals surface area contributed by atoms with Crippen molar-refractivity contribution in [2.24, 2.45) is 5.73 Å². The number of pyridine rings is 2. The fourth-order valence-corrected chi connectivity index (χ4v) is 3.74. The Morgan fingerprint density at radius 2 is 1.61 bits per heavy atom. The van der Waals surface area contributed by atoms with Gasteiger partial charge in [0.2, 0.25) is 0 Å². The molecule has 2 aromatic carbocycles. The number of nitrogens with two attached hydrogens (primary N) is 2. The first kappa shape index (κ1) is 19.0. The zero-order valence-corrected chi connectivity index (χ0v) is 16.9. The Kier molecular flexibility index (Phi) is 4.90. The van der Waals surface area contributed by atoms with E-state index in [0.29, 0.717) is 18.2 Å². The van der Waals surface area contributed by atoms with Crippen LogP contribution in [0.4, 0.5) is 5.82 Å². The van der Waals surface area contributed by atoms with Gasteiger partial charge >= 0.3 is 0 Å². The van der Waals surface area contributed by atoms with Crippen LogP contribution in [-0.2, 0) is 6.42 Å². The van der Waals surface area contributed by atoms with Crippen molar-refractivity contribution in [1.29, 1.82) is 0 Å². The predicted molar refractivity (Wildman–Crippen MR) is 125 cm³/mol. The fraction of sp³-hybridized carbons (Fsp3) is 0.0800. The molecule has 0 unspecified atom stereocenters. The molecule has 31 heavy (non-hydrogen) atoms. The maximum Gasteiger partial charge on any atom is 0.165 e. The molecule has 6 nitrogen and oxygen atoms in total. The Hall–Kier alpha value is -4.03. The minimum absolute atomic E-state index is 0.432. The molecule has 0 fully saturated rings. The van der Waals surface area contributed by atoms with Crippen LogP contribution in [0, 0.1) is 0 Å². The first-order valence-electron chi connectivity index (χ1n) is 10.2. The lowest BCUT2D eigenvalue weighted by Gasteiger charge is -2.11. The lowest BCUT2D eigenvalue weighted by Crippen LogP contribution is -2.04. The minimum atomic E-state index is 0.432. The van der Waals surface area contributed by atoms with Crippen molar-refractivity contribution in [3.63, 3.8) is 0 Å². The summed E-state index contributed by atoms with van der Waals surface area (Å²) in [5, 5.41) is 0. The molecule has 0 aliphatic heterocycles. The molecule has 5 rings (SSSR count). The molecule has 0 radical (unpaired) electrons. The SMILES string of the molecule is NCCc1ccc(-n2c(-c3cccnc3N)nc3ccc(-c4ccccc4)nc32)cc1. The molecule has 3 aromatic heterocycles. The van der Waals surface area contributed by atoms with E-state index in [1.54, 1.807) is 6.20 Å². The Balaban J connectivity index is 1.76. The van der Waals surface area contributed by atoms with Gasteiger partial charge in [-0.1, -0.05) is 42.5 Å². The van der Waals surface area contributed by atoms with E-state index in [2.05, 4.69) is 41.4 Å². The summed E-state index contributed by atoms with van der Waals surface area (Å²) in [5.74, 6) is 1.15. The molecular formula is C25H22N6. The summed E-state index contributed by atoms with van der Waals surface area (Å²) in [6.07, 6.45) is 2.52. The van der Waals surface area contributed by atoms with Gasteiger partial charge in [-0.05, 0) is 54.9 Å². The Morgan fingerprint density at radius 1 is 0.806 bits per heavy atom. The third kappa shape index (κ3) is 3.53. The van der Waals surface area contributed by atoms with Crippen molar-refractivity contribution in [2.45, 2.75) is 6.42 Å². The van der Waals surface area contributed by atoms with E-state index in [1.165, 1.54) is 5.56 Å². The maximum absolute atomic E-state index is 6.21. The number of hydrogen-bond donors (Lipinski definition) is 2. The van der Waals surface area contributed by atoms with Gasteiger partial charge in [-0.3, -0.25) is 4.57 Å². The third-order valence-corrected chi connectivity index (χ3v) is 5.28. The number of rotatable bonds is 5. The molecule has 152 valence electrons. The highest BCUT2D eigenvalue weighted by molar-refractivity contribution is 5.84. The van der Waals surface area contributed by atoms with Gasteiger partial charge in [0.15, 0.2) is 11.5 Å². The topological polar surface area (TPSA) is 95.6 Å². The molecule has 3 heterocycles. The lowest BCUT2D eigenvalue weighted by molar-refractivity contribution is 0.965. The van der Waals surface area contributed by atoms with Crippen molar-refractivity contribution in [2.75, 3.05) is 12.3 Å². The quantitative estimate of drug-likeness (QED) is 0.455. The molecule has 0 atom stereocenters. The normalized spacial score (nSPS) is 11.1. The monoisotopic (exact) mass is 406 g/mol. The molecule has 6 heteroatoms. The number of imidazole rings is 1. The average molecular weight is 406 g/mol. The summed E-state index contributed by atoms with van der Waals surface area (Å²) in [7, 11) is 0. The number of fused-ring (bicyclic) bond motifs is 1. The van der Waals surface area contributed by atoms with E-state index in [9.17, 15) is 0 Å². The molecule has 0 amide bonds. The van der Waals surface area contributed by atoms with Crippen LogP contribution < -0.4 is 11.5 Å². The van der Waals surface area contributed by atoms with Crippen LogP contribution >= 0.6 is 0 Å². The predicted octanol–water partition coefficient (Wildman–Crippen LogP) is 4.23. The molecule has 0 saturated heterocycles. The smallest absolute Gasteiger partial charge is 0.165 e. The average Bonchev–Trinajstić information content (AvgIpc) is 3.19. The van der Waals surface area contributed by atoms with Crippen molar-refractivity contribution < 1.29 is 0 Å². The Bertz CT molecular complexity index is 1340. The zero-order chi connectivity index (χ0) is 21.2. The second-order valence-corrected chi connectivity index (χ2v) is 7.32. The standard InChI is InChI=1S/C25H22N6/c26-15-14-17-8-10-19(11-9-17)31-24(20-7-4-16-28-23(20)27)30-22-13-12-21(29-25(22)31)18-5-2-1-3-6-18/h1-13,16H,14-15,26H2,(H2,27,28). The van der Waals surface area contributed by atoms with Gasteiger partial charge < -0.3 is 11.5 Å². The molecular weight excluding hydrogens is 384 g/mol. The van der Waals surface area contributed by atoms with Gasteiger partial charge in [-0.15, -0.1) is 0 Å². The molecule has 0 aliphatic rings. The second-order valence-electron chi connectivity index (χ2n) is 7.32. The number of hydrogen-bond acceptors (Lipinski definition) is 5. The van der Waals surface area contributed by atoms with E-state index >= 15 is 0 Å². The lowest BCUT2D eigenvalue weighted by atomic mass is 10.1. The third-order valence-electron chi connectivity index (χ3n) is 5.28. The van der Waals surface area contributed by atoms with Crippen LogP contribution in [0.5, 0.6) is 0 Å². The van der Waals surface area contributed by atoms with Crippen molar-refractivity contribution >= 4 is 17.0 Å². The number of nitrogens with zero attached hydrogens (tertiary/aromatic N) is 4. The highest BCUT2D eigenvalue weighted by Crippen LogP contribution is 2.31. The van der Waals surface area contributed by atoms with Crippen LogP contribution in [0.1, 0.15) is 5.56 Å². The fourth-order valence-electron chi connectivity index (χ4n) is 3.74. The van der Waals surface area contributed by atoms with E-state index in [0.717, 1.165) is 40.1 Å². The summed E-state index contributed by atoms with van der Waals surface area (Å²) >= 11 is 0. The number of nitrogen functional groups attached to an aromatic ring is 1. The van der Waals surface area contributed by atoms with Gasteiger partial charge in [0.1, 0.15) is 11.3 Å². The van der Waals surface area contributed by atoms with Crippen molar-refractivity contribution in [3.8, 4) is 28.3 Å². The van der Waals surface area contributed by atoms with E-state index in [1.807, 2.05) is 47.0 Å². The highest BCUT2D eigenvalue weighted by Gasteiger charge is 2.18. The van der Waals surface area contributed by atoms with Crippen LogP contribution in [0.2, 0.25) is 0 Å². The minimum Gasteiger partial charge on any atom is -0.383 e. The van der Waals surface area contributed by atoms with Crippen LogP contribution in [0.15, 0.2) is 85.1 Å². The number of benzene rings is 2. The molecule has 5 aromatic rings. The van der Waals surface area contributed by atoms with Gasteiger partial charge in [0.25, 0.3) is 0 Å². The largest absolute Gasteiger partial charge is 0.383 e. The summed E-state index contributed by atoms with van der Waals surface area (Å²) in [4.78, 5) is 14.1. The molecule has 4 N–H and O–H groups in total. The van der Waals surface area contributed by atoms with Gasteiger partial charge in [-0.2, -0.15) is 0 Å². The van der Waals surface area contributed by atoms with Crippen molar-refractivity contribution in [3.05, 3.63) is 90.6 Å². The van der Waals surface area contributed by atoms with Crippen LogP contribution in [0.25, 0.3) is 39.5 Å². The number of aromatic nitrogens is 4. The van der Waals surface area contributed by atoms with Crippen LogP contribution in [0.3, 0.4) is 0 Å². The first-order valence-corrected chi connectivity index (χ1v) is 10.2. The van der Waals surface area contributed by atoms with Crippen molar-refractivity contribution in [1.82, 2.24) is 19.5 Å². The summed E-state index contributed by atoms with van der Waals surface area (Å²) in [5.41, 5.74) is 18.3. The maximum atomic E-state index is 6.21. The first-order chi connectivity index (χ1) is 15.2. The van der Waals surface area contributed by atoms with E-state index in [4.69, 9.17) is 21.4 Å². The summed E-state index contributed by atoms with van der Waals surface area (Å²) in [6.45, 7) is 0.618. The Morgan fingerprint density at radius 3 is 2.35 bits per heavy atom. The van der Waals surface area contributed by atoms with Gasteiger partial charge in [0, 0.05) is 17.4 Å². The summed E-state index contributed by atoms with van der Waals surface area (Å²) < 4.78 is 2.04. The van der Waals surface area contributed by atoms with Gasteiger partial charge in [-0.25, -0.2) is 15.0 Å². The number of anilines is 1. The zero-order valence-electron chi connectivity index (χ0n) is 16.9. The van der Waals surface area contributed by atoms with E-state index < -0.39 is 0 Å². The molecule has 0 bridgehead atoms. The van der Waals surface area contributed by atoms with Gasteiger partial charge in [0.05, 0.1) is 11.3 Å².